The Bertz CT molecular complexity index is 1070. The highest BCUT2D eigenvalue weighted by atomic mass is 16.2. The van der Waals surface area contributed by atoms with E-state index in [4.69, 9.17) is 0 Å². The zero-order chi connectivity index (χ0) is 20.7. The topological polar surface area (TPSA) is 49.3 Å². The number of aryl methyl sites for hydroxylation is 2. The third kappa shape index (κ3) is 3.15. The van der Waals surface area contributed by atoms with Gasteiger partial charge in [-0.3, -0.25) is 14.8 Å². The second-order valence-corrected chi connectivity index (χ2v) is 8.49. The van der Waals surface area contributed by atoms with Gasteiger partial charge in [0.25, 0.3) is 5.91 Å². The molecule has 0 saturated carbocycles. The van der Waals surface area contributed by atoms with Crippen LogP contribution in [0, 0.1) is 25.7 Å². The van der Waals surface area contributed by atoms with E-state index in [9.17, 15) is 4.79 Å². The van der Waals surface area contributed by atoms with Crippen LogP contribution in [0.2, 0.25) is 0 Å². The molecule has 2 aliphatic rings. The molecular weight excluding hydrogens is 372 g/mol. The lowest BCUT2D eigenvalue weighted by Crippen LogP contribution is -2.36. The van der Waals surface area contributed by atoms with Gasteiger partial charge in [0.1, 0.15) is 0 Å². The maximum atomic E-state index is 13.4. The van der Waals surface area contributed by atoms with E-state index in [-0.39, 0.29) is 11.9 Å². The molecule has 0 unspecified atom stereocenters. The van der Waals surface area contributed by atoms with Gasteiger partial charge in [0.05, 0.1) is 11.6 Å². The maximum absolute atomic E-state index is 13.4. The molecule has 0 aliphatic carbocycles. The summed E-state index contributed by atoms with van der Waals surface area (Å²) >= 11 is 0. The highest BCUT2D eigenvalue weighted by Gasteiger charge is 2.49. The minimum Gasteiger partial charge on any atom is -0.370 e. The zero-order valence-electron chi connectivity index (χ0n) is 17.4. The van der Waals surface area contributed by atoms with Crippen LogP contribution < -0.4 is 4.90 Å². The molecular formula is C25H26N4O. The first-order chi connectivity index (χ1) is 14.6. The monoisotopic (exact) mass is 398 g/mol. The Morgan fingerprint density at radius 2 is 1.73 bits per heavy atom. The third-order valence-corrected chi connectivity index (χ3v) is 6.67. The molecule has 0 bridgehead atoms. The number of fused-ring (bicyclic) bond motifs is 1. The Balaban J connectivity index is 1.50. The van der Waals surface area contributed by atoms with Crippen LogP contribution in [-0.2, 0) is 0 Å². The van der Waals surface area contributed by atoms with Crippen LogP contribution in [0.1, 0.15) is 33.1 Å². The smallest absolute Gasteiger partial charge is 0.255 e. The van der Waals surface area contributed by atoms with E-state index in [1.807, 2.05) is 24.5 Å². The molecule has 3 atom stereocenters. The van der Waals surface area contributed by atoms with Gasteiger partial charge in [0.2, 0.25) is 0 Å². The summed E-state index contributed by atoms with van der Waals surface area (Å²) in [6.45, 7) is 6.96. The molecule has 5 rings (SSSR count). The first-order valence-electron chi connectivity index (χ1n) is 10.6. The van der Waals surface area contributed by atoms with Gasteiger partial charge in [-0.25, -0.2) is 0 Å². The van der Waals surface area contributed by atoms with Crippen LogP contribution in [0.5, 0.6) is 0 Å². The van der Waals surface area contributed by atoms with Crippen molar-refractivity contribution in [3.63, 3.8) is 0 Å². The highest BCUT2D eigenvalue weighted by molar-refractivity contribution is 5.94. The number of rotatable bonds is 3. The summed E-state index contributed by atoms with van der Waals surface area (Å²) in [6, 6.07) is 14.4. The Hall–Kier alpha value is -3.21. The summed E-state index contributed by atoms with van der Waals surface area (Å²) in [7, 11) is 0. The van der Waals surface area contributed by atoms with Gasteiger partial charge in [-0.15, -0.1) is 0 Å². The van der Waals surface area contributed by atoms with Crippen molar-refractivity contribution >= 4 is 11.6 Å². The standard InChI is InChI=1S/C25H26N4O/c1-17-6-3-4-8-21(17)24-22-16-28(23-9-11-27-12-18(23)2)14-20(22)15-29(24)25(30)19-7-5-10-26-13-19/h3-13,20,22,24H,14-16H2,1-2H3/t20-,22-,24+/m0/s1. The number of carbonyl (C=O) groups is 1. The Kier molecular flexibility index (Phi) is 4.74. The van der Waals surface area contributed by atoms with Crippen molar-refractivity contribution < 1.29 is 4.79 Å². The lowest BCUT2D eigenvalue weighted by atomic mass is 9.87. The molecule has 5 nitrogen and oxygen atoms in total. The average molecular weight is 399 g/mol. The Morgan fingerprint density at radius 3 is 2.50 bits per heavy atom. The van der Waals surface area contributed by atoms with Crippen LogP contribution in [0.25, 0.3) is 0 Å². The van der Waals surface area contributed by atoms with Crippen molar-refractivity contribution in [3.8, 4) is 0 Å². The van der Waals surface area contributed by atoms with E-state index in [1.165, 1.54) is 22.4 Å². The molecule has 5 heteroatoms. The summed E-state index contributed by atoms with van der Waals surface area (Å²) in [6.07, 6.45) is 7.19. The summed E-state index contributed by atoms with van der Waals surface area (Å²) in [4.78, 5) is 26.4. The Morgan fingerprint density at radius 1 is 0.900 bits per heavy atom. The van der Waals surface area contributed by atoms with Crippen molar-refractivity contribution in [1.82, 2.24) is 14.9 Å². The quantitative estimate of drug-likeness (QED) is 0.668. The fraction of sp³-hybridized carbons (Fsp3) is 0.320. The molecule has 30 heavy (non-hydrogen) atoms. The summed E-state index contributed by atoms with van der Waals surface area (Å²) in [5.74, 6) is 0.930. The minimum absolute atomic E-state index is 0.0797. The summed E-state index contributed by atoms with van der Waals surface area (Å²) < 4.78 is 0. The van der Waals surface area contributed by atoms with Crippen LogP contribution in [0.15, 0.2) is 67.3 Å². The average Bonchev–Trinajstić information content (AvgIpc) is 3.33. The van der Waals surface area contributed by atoms with E-state index >= 15 is 0 Å². The molecule has 0 radical (unpaired) electrons. The van der Waals surface area contributed by atoms with Crippen molar-refractivity contribution in [1.29, 1.82) is 0 Å². The molecule has 2 aliphatic heterocycles. The van der Waals surface area contributed by atoms with Crippen molar-refractivity contribution in [2.45, 2.75) is 19.9 Å². The van der Waals surface area contributed by atoms with Gasteiger partial charge in [0, 0.05) is 61.9 Å². The predicted octanol–water partition coefficient (Wildman–Crippen LogP) is 4.04. The molecule has 2 saturated heterocycles. The molecule has 2 aromatic heterocycles. The van der Waals surface area contributed by atoms with Crippen LogP contribution >= 0.6 is 0 Å². The second-order valence-electron chi connectivity index (χ2n) is 8.49. The number of nitrogens with zero attached hydrogens (tertiary/aromatic N) is 4. The van der Waals surface area contributed by atoms with E-state index in [2.05, 4.69) is 63.9 Å². The number of pyridine rings is 2. The van der Waals surface area contributed by atoms with Gasteiger partial charge in [-0.05, 0) is 48.7 Å². The lowest BCUT2D eigenvalue weighted by Gasteiger charge is -2.31. The molecule has 1 aromatic carbocycles. The number of hydrogen-bond donors (Lipinski definition) is 0. The van der Waals surface area contributed by atoms with Crippen molar-refractivity contribution in [2.24, 2.45) is 11.8 Å². The van der Waals surface area contributed by atoms with Crippen LogP contribution in [-0.4, -0.2) is 40.4 Å². The van der Waals surface area contributed by atoms with Gasteiger partial charge in [-0.1, -0.05) is 24.3 Å². The van der Waals surface area contributed by atoms with Crippen LogP contribution in [0.4, 0.5) is 5.69 Å². The van der Waals surface area contributed by atoms with Gasteiger partial charge in [0.15, 0.2) is 0 Å². The molecule has 0 spiro atoms. The number of carbonyl (C=O) groups excluding carboxylic acids is 1. The first-order valence-corrected chi connectivity index (χ1v) is 10.6. The van der Waals surface area contributed by atoms with E-state index in [0.717, 1.165) is 19.6 Å². The van der Waals surface area contributed by atoms with Gasteiger partial charge < -0.3 is 9.80 Å². The number of aromatic nitrogens is 2. The molecule has 3 aromatic rings. The largest absolute Gasteiger partial charge is 0.370 e. The minimum atomic E-state index is 0.0797. The van der Waals surface area contributed by atoms with E-state index < -0.39 is 0 Å². The zero-order valence-corrected chi connectivity index (χ0v) is 17.4. The van der Waals surface area contributed by atoms with Crippen molar-refractivity contribution in [2.75, 3.05) is 24.5 Å². The van der Waals surface area contributed by atoms with Crippen molar-refractivity contribution in [3.05, 3.63) is 89.5 Å². The normalized spacial score (nSPS) is 22.9. The molecule has 0 N–H and O–H groups in total. The fourth-order valence-corrected chi connectivity index (χ4v) is 5.24. The number of hydrogen-bond acceptors (Lipinski definition) is 4. The number of likely N-dealkylation sites (tertiary alicyclic amines) is 1. The molecule has 2 fully saturated rings. The molecule has 152 valence electrons. The van der Waals surface area contributed by atoms with Crippen LogP contribution in [0.3, 0.4) is 0 Å². The van der Waals surface area contributed by atoms with E-state index in [0.29, 0.717) is 17.4 Å². The SMILES string of the molecule is Cc1ccccc1[C@@H]1[C@H]2CN(c3ccncc3C)C[C@H]2CN1C(=O)c1cccnc1. The number of amides is 1. The maximum Gasteiger partial charge on any atom is 0.255 e. The van der Waals surface area contributed by atoms with Gasteiger partial charge >= 0.3 is 0 Å². The lowest BCUT2D eigenvalue weighted by molar-refractivity contribution is 0.0715. The van der Waals surface area contributed by atoms with E-state index in [1.54, 1.807) is 12.4 Å². The molecule has 4 heterocycles. The number of anilines is 1. The Labute approximate surface area is 177 Å². The molecule has 1 amide bonds. The third-order valence-electron chi connectivity index (χ3n) is 6.67. The number of benzene rings is 1. The van der Waals surface area contributed by atoms with Gasteiger partial charge in [-0.2, -0.15) is 0 Å². The summed E-state index contributed by atoms with van der Waals surface area (Å²) in [5, 5.41) is 0. The first kappa shape index (κ1) is 18.8. The predicted molar refractivity (Wildman–Crippen MR) is 117 cm³/mol. The summed E-state index contributed by atoms with van der Waals surface area (Å²) in [5.41, 5.74) is 5.63. The fourth-order valence-electron chi connectivity index (χ4n) is 5.24. The highest BCUT2D eigenvalue weighted by Crippen LogP contribution is 2.47. The second kappa shape index (κ2) is 7.56.